The molecule has 0 bridgehead atoms. The minimum absolute atomic E-state index is 0.0458. The maximum absolute atomic E-state index is 14.4. The van der Waals surface area contributed by atoms with Gasteiger partial charge in [-0.3, -0.25) is 0 Å². The third kappa shape index (κ3) is 4.17. The lowest BCUT2D eigenvalue weighted by Crippen LogP contribution is -2.36. The zero-order valence-corrected chi connectivity index (χ0v) is 13.2. The molecule has 1 aromatic rings. The van der Waals surface area contributed by atoms with Crippen molar-refractivity contribution in [1.29, 1.82) is 0 Å². The Morgan fingerprint density at radius 1 is 1.33 bits per heavy atom. The van der Waals surface area contributed by atoms with E-state index in [0.717, 1.165) is 13.0 Å². The summed E-state index contributed by atoms with van der Waals surface area (Å²) in [6, 6.07) is 4.99. The molecule has 4 heteroatoms. The summed E-state index contributed by atoms with van der Waals surface area (Å²) in [4.78, 5) is 0. The molecule has 118 valence electrons. The van der Waals surface area contributed by atoms with Crippen LogP contribution in [0.1, 0.15) is 44.7 Å². The van der Waals surface area contributed by atoms with E-state index in [1.54, 1.807) is 7.11 Å². The first-order chi connectivity index (χ1) is 10.2. The first-order valence-electron chi connectivity index (χ1n) is 7.89. The molecule has 2 unspecified atom stereocenters. The highest BCUT2D eigenvalue weighted by atomic mass is 19.1. The third-order valence-corrected chi connectivity index (χ3v) is 3.93. The van der Waals surface area contributed by atoms with Gasteiger partial charge in [-0.05, 0) is 44.7 Å². The highest BCUT2D eigenvalue weighted by Gasteiger charge is 2.38. The smallest absolute Gasteiger partial charge is 0.131 e. The summed E-state index contributed by atoms with van der Waals surface area (Å²) >= 11 is 0. The molecule has 0 radical (unpaired) electrons. The molecule has 0 saturated heterocycles. The minimum Gasteiger partial charge on any atom is -0.497 e. The van der Waals surface area contributed by atoms with E-state index in [1.807, 2.05) is 19.1 Å². The lowest BCUT2D eigenvalue weighted by molar-refractivity contribution is 0.0177. The number of ether oxygens (including phenoxy) is 2. The second-order valence-electron chi connectivity index (χ2n) is 5.58. The Labute approximate surface area is 126 Å². The van der Waals surface area contributed by atoms with E-state index in [1.165, 1.54) is 18.9 Å². The van der Waals surface area contributed by atoms with Crippen LogP contribution in [0.3, 0.4) is 0 Å². The number of nitrogens with one attached hydrogen (secondary N) is 1. The van der Waals surface area contributed by atoms with Gasteiger partial charge in [-0.15, -0.1) is 0 Å². The first-order valence-corrected chi connectivity index (χ1v) is 7.89. The van der Waals surface area contributed by atoms with E-state index in [9.17, 15) is 4.39 Å². The molecule has 2 atom stereocenters. The molecule has 21 heavy (non-hydrogen) atoms. The minimum atomic E-state index is -0.228. The maximum Gasteiger partial charge on any atom is 0.131 e. The van der Waals surface area contributed by atoms with E-state index >= 15 is 0 Å². The molecule has 1 aromatic carbocycles. The maximum atomic E-state index is 14.4. The van der Waals surface area contributed by atoms with Gasteiger partial charge >= 0.3 is 0 Å². The number of methoxy groups -OCH3 is 1. The molecule has 0 heterocycles. The largest absolute Gasteiger partial charge is 0.497 e. The Bertz CT molecular complexity index is 448. The number of hydrogen-bond donors (Lipinski definition) is 1. The Balaban J connectivity index is 2.25. The van der Waals surface area contributed by atoms with Gasteiger partial charge in [0.15, 0.2) is 0 Å². The molecule has 1 fully saturated rings. The summed E-state index contributed by atoms with van der Waals surface area (Å²) in [6.45, 7) is 5.62. The highest BCUT2D eigenvalue weighted by Crippen LogP contribution is 2.40. The van der Waals surface area contributed by atoms with Crippen LogP contribution in [0, 0.1) is 11.7 Å². The molecule has 3 nitrogen and oxygen atoms in total. The van der Waals surface area contributed by atoms with Crippen LogP contribution in [0.4, 0.5) is 4.39 Å². The van der Waals surface area contributed by atoms with Gasteiger partial charge in [0.1, 0.15) is 11.6 Å². The third-order valence-electron chi connectivity index (χ3n) is 3.93. The van der Waals surface area contributed by atoms with Crippen molar-refractivity contribution in [1.82, 2.24) is 5.32 Å². The fourth-order valence-electron chi connectivity index (χ4n) is 2.71. The molecular weight excluding hydrogens is 269 g/mol. The topological polar surface area (TPSA) is 30.5 Å². The summed E-state index contributed by atoms with van der Waals surface area (Å²) in [6.07, 6.45) is 3.40. The summed E-state index contributed by atoms with van der Waals surface area (Å²) in [5.74, 6) is 0.860. The van der Waals surface area contributed by atoms with Crippen molar-refractivity contribution in [3.63, 3.8) is 0 Å². The number of rotatable bonds is 9. The molecule has 0 aromatic heterocycles. The molecule has 1 N–H and O–H groups in total. The van der Waals surface area contributed by atoms with Crippen LogP contribution in [-0.4, -0.2) is 26.4 Å². The lowest BCUT2D eigenvalue weighted by atomic mass is 9.97. The Morgan fingerprint density at radius 3 is 2.62 bits per heavy atom. The van der Waals surface area contributed by atoms with E-state index in [-0.39, 0.29) is 18.0 Å². The molecule has 0 amide bonds. The zero-order valence-electron chi connectivity index (χ0n) is 13.2. The van der Waals surface area contributed by atoms with Crippen LogP contribution in [0.15, 0.2) is 18.2 Å². The Hall–Kier alpha value is -1.13. The lowest BCUT2D eigenvalue weighted by Gasteiger charge is -2.29. The average molecular weight is 295 g/mol. The molecule has 1 aliphatic rings. The van der Waals surface area contributed by atoms with E-state index in [0.29, 0.717) is 23.8 Å². The molecule has 1 saturated carbocycles. The van der Waals surface area contributed by atoms with Crippen LogP contribution in [0.25, 0.3) is 0 Å². The molecule has 1 aliphatic carbocycles. The van der Waals surface area contributed by atoms with Crippen molar-refractivity contribution in [2.45, 2.75) is 45.3 Å². The van der Waals surface area contributed by atoms with Gasteiger partial charge < -0.3 is 14.8 Å². The van der Waals surface area contributed by atoms with Crippen molar-refractivity contribution < 1.29 is 13.9 Å². The van der Waals surface area contributed by atoms with Crippen LogP contribution >= 0.6 is 0 Å². The highest BCUT2D eigenvalue weighted by molar-refractivity contribution is 5.31. The fourth-order valence-corrected chi connectivity index (χ4v) is 2.71. The van der Waals surface area contributed by atoms with Crippen molar-refractivity contribution in [3.8, 4) is 5.75 Å². The summed E-state index contributed by atoms with van der Waals surface area (Å²) in [5.41, 5.74) is 0.676. The standard InChI is InChI=1S/C17H26FNO2/c1-4-10-19-16(17(21-5-2)12-6-7-12)14-9-8-13(20-3)11-15(14)18/h8-9,11-12,16-17,19H,4-7,10H2,1-3H3. The van der Waals surface area contributed by atoms with E-state index < -0.39 is 0 Å². The van der Waals surface area contributed by atoms with E-state index in [4.69, 9.17) is 9.47 Å². The Kier molecular flexibility index (Phi) is 6.00. The molecule has 0 aliphatic heterocycles. The van der Waals surface area contributed by atoms with Gasteiger partial charge in [0.2, 0.25) is 0 Å². The number of hydrogen-bond acceptors (Lipinski definition) is 3. The van der Waals surface area contributed by atoms with Crippen LogP contribution in [0.2, 0.25) is 0 Å². The van der Waals surface area contributed by atoms with Crippen molar-refractivity contribution in [3.05, 3.63) is 29.6 Å². The van der Waals surface area contributed by atoms with Gasteiger partial charge in [0, 0.05) is 18.2 Å². The average Bonchev–Trinajstić information content (AvgIpc) is 3.32. The second-order valence-corrected chi connectivity index (χ2v) is 5.58. The molecule has 2 rings (SSSR count). The van der Waals surface area contributed by atoms with Gasteiger partial charge in [0.25, 0.3) is 0 Å². The number of benzene rings is 1. The van der Waals surface area contributed by atoms with Gasteiger partial charge in [-0.25, -0.2) is 4.39 Å². The predicted molar refractivity (Wildman–Crippen MR) is 82.1 cm³/mol. The number of halogens is 1. The Morgan fingerprint density at radius 2 is 2.10 bits per heavy atom. The van der Waals surface area contributed by atoms with Gasteiger partial charge in [0.05, 0.1) is 19.3 Å². The molecular formula is C17H26FNO2. The monoisotopic (exact) mass is 295 g/mol. The second kappa shape index (κ2) is 7.76. The molecule has 0 spiro atoms. The summed E-state index contributed by atoms with van der Waals surface area (Å²) < 4.78 is 25.4. The summed E-state index contributed by atoms with van der Waals surface area (Å²) in [7, 11) is 1.55. The normalized spacial score (nSPS) is 17.5. The quantitative estimate of drug-likeness (QED) is 0.753. The zero-order chi connectivity index (χ0) is 15.2. The van der Waals surface area contributed by atoms with Crippen molar-refractivity contribution >= 4 is 0 Å². The summed E-state index contributed by atoms with van der Waals surface area (Å²) in [5, 5.41) is 3.46. The van der Waals surface area contributed by atoms with Crippen molar-refractivity contribution in [2.24, 2.45) is 5.92 Å². The fraction of sp³-hybridized carbons (Fsp3) is 0.647. The first kappa shape index (κ1) is 16.2. The van der Waals surface area contributed by atoms with Gasteiger partial charge in [-0.2, -0.15) is 0 Å². The van der Waals surface area contributed by atoms with Crippen LogP contribution in [-0.2, 0) is 4.74 Å². The van der Waals surface area contributed by atoms with Crippen LogP contribution in [0.5, 0.6) is 5.75 Å². The van der Waals surface area contributed by atoms with E-state index in [2.05, 4.69) is 12.2 Å². The SMILES string of the molecule is CCCNC(c1ccc(OC)cc1F)C(OCC)C1CC1. The van der Waals surface area contributed by atoms with Gasteiger partial charge in [-0.1, -0.05) is 13.0 Å². The predicted octanol–water partition coefficient (Wildman–Crippen LogP) is 3.69. The van der Waals surface area contributed by atoms with Crippen LogP contribution < -0.4 is 10.1 Å². The van der Waals surface area contributed by atoms with Crippen molar-refractivity contribution in [2.75, 3.05) is 20.3 Å².